The van der Waals surface area contributed by atoms with Crippen molar-refractivity contribution >= 4 is 5.82 Å². The Morgan fingerprint density at radius 1 is 1.38 bits per heavy atom. The van der Waals surface area contributed by atoms with Crippen molar-refractivity contribution in [2.45, 2.75) is 40.3 Å². The molecule has 0 aliphatic heterocycles. The lowest BCUT2D eigenvalue weighted by molar-refractivity contribution is 0.501. The normalized spacial score (nSPS) is 12.9. The molecule has 0 aliphatic carbocycles. The van der Waals surface area contributed by atoms with Crippen molar-refractivity contribution in [1.82, 2.24) is 4.98 Å². The van der Waals surface area contributed by atoms with E-state index in [0.29, 0.717) is 18.5 Å². The van der Waals surface area contributed by atoms with Crippen LogP contribution in [0.4, 0.5) is 5.82 Å². The molecule has 0 aromatic carbocycles. The van der Waals surface area contributed by atoms with Gasteiger partial charge in [-0.1, -0.05) is 13.8 Å². The van der Waals surface area contributed by atoms with Gasteiger partial charge in [-0.3, -0.25) is 0 Å². The third kappa shape index (κ3) is 2.53. The van der Waals surface area contributed by atoms with Crippen LogP contribution in [0.15, 0.2) is 12.3 Å². The second-order valence-electron chi connectivity index (χ2n) is 4.73. The van der Waals surface area contributed by atoms with Gasteiger partial charge in [0, 0.05) is 31.4 Å². The van der Waals surface area contributed by atoms with E-state index in [1.807, 2.05) is 12.3 Å². The van der Waals surface area contributed by atoms with Crippen molar-refractivity contribution < 1.29 is 0 Å². The van der Waals surface area contributed by atoms with Gasteiger partial charge in [0.1, 0.15) is 5.82 Å². The molecule has 0 fully saturated rings. The second-order valence-corrected chi connectivity index (χ2v) is 4.73. The van der Waals surface area contributed by atoms with Crippen LogP contribution in [0.5, 0.6) is 0 Å². The van der Waals surface area contributed by atoms with Gasteiger partial charge >= 0.3 is 0 Å². The van der Waals surface area contributed by atoms with Crippen LogP contribution in [-0.2, 0) is 6.54 Å². The third-order valence-corrected chi connectivity index (χ3v) is 3.38. The van der Waals surface area contributed by atoms with Crippen LogP contribution in [0.1, 0.15) is 31.9 Å². The first kappa shape index (κ1) is 13.0. The number of aromatic nitrogens is 1. The van der Waals surface area contributed by atoms with E-state index in [2.05, 4.69) is 44.6 Å². The maximum absolute atomic E-state index is 5.80. The molecule has 0 spiro atoms. The summed E-state index contributed by atoms with van der Waals surface area (Å²) < 4.78 is 0. The van der Waals surface area contributed by atoms with Crippen LogP contribution in [0.25, 0.3) is 0 Å². The van der Waals surface area contributed by atoms with Crippen LogP contribution in [0.2, 0.25) is 0 Å². The van der Waals surface area contributed by atoms with Gasteiger partial charge in [-0.05, 0) is 31.4 Å². The van der Waals surface area contributed by atoms with Crippen LogP contribution in [-0.4, -0.2) is 18.1 Å². The molecule has 0 amide bonds. The molecule has 1 aromatic heterocycles. The van der Waals surface area contributed by atoms with E-state index in [-0.39, 0.29) is 0 Å². The lowest BCUT2D eigenvalue weighted by atomic mass is 10.0. The summed E-state index contributed by atoms with van der Waals surface area (Å²) in [5, 5.41) is 0. The first-order valence-electron chi connectivity index (χ1n) is 5.86. The minimum Gasteiger partial charge on any atom is -0.356 e. The van der Waals surface area contributed by atoms with E-state index in [9.17, 15) is 0 Å². The lowest BCUT2D eigenvalue weighted by Gasteiger charge is -2.30. The molecule has 0 radical (unpaired) electrons. The van der Waals surface area contributed by atoms with Crippen molar-refractivity contribution in [3.63, 3.8) is 0 Å². The number of nitrogens with two attached hydrogens (primary N) is 1. The van der Waals surface area contributed by atoms with Gasteiger partial charge < -0.3 is 10.6 Å². The van der Waals surface area contributed by atoms with Crippen LogP contribution < -0.4 is 10.6 Å². The Hall–Kier alpha value is -1.09. The maximum Gasteiger partial charge on any atom is 0.133 e. The SMILES string of the molecule is Cc1ccnc(N(C)C(C)C(C)C)c1CN. The van der Waals surface area contributed by atoms with Crippen molar-refractivity contribution in [3.8, 4) is 0 Å². The Kier molecular flexibility index (Phi) is 4.30. The van der Waals surface area contributed by atoms with Crippen LogP contribution >= 0.6 is 0 Å². The highest BCUT2D eigenvalue weighted by molar-refractivity contribution is 5.50. The Morgan fingerprint density at radius 3 is 2.50 bits per heavy atom. The third-order valence-electron chi connectivity index (χ3n) is 3.38. The summed E-state index contributed by atoms with van der Waals surface area (Å²) in [6.45, 7) is 9.29. The van der Waals surface area contributed by atoms with Gasteiger partial charge in [-0.2, -0.15) is 0 Å². The topological polar surface area (TPSA) is 42.2 Å². The monoisotopic (exact) mass is 221 g/mol. The van der Waals surface area contributed by atoms with E-state index in [0.717, 1.165) is 11.4 Å². The molecule has 0 aliphatic rings. The van der Waals surface area contributed by atoms with Crippen LogP contribution in [0, 0.1) is 12.8 Å². The Labute approximate surface area is 98.7 Å². The molecular weight excluding hydrogens is 198 g/mol. The van der Waals surface area contributed by atoms with E-state index >= 15 is 0 Å². The molecule has 1 heterocycles. The number of pyridine rings is 1. The molecule has 90 valence electrons. The molecule has 3 nitrogen and oxygen atoms in total. The average Bonchev–Trinajstić information content (AvgIpc) is 2.26. The summed E-state index contributed by atoms with van der Waals surface area (Å²) >= 11 is 0. The molecule has 0 bridgehead atoms. The summed E-state index contributed by atoms with van der Waals surface area (Å²) in [5.41, 5.74) is 8.17. The number of hydrogen-bond acceptors (Lipinski definition) is 3. The highest BCUT2D eigenvalue weighted by Crippen LogP contribution is 2.23. The summed E-state index contributed by atoms with van der Waals surface area (Å²) in [4.78, 5) is 6.68. The first-order chi connectivity index (χ1) is 7.49. The predicted molar refractivity (Wildman–Crippen MR) is 69.6 cm³/mol. The summed E-state index contributed by atoms with van der Waals surface area (Å²) in [6.07, 6.45) is 1.85. The highest BCUT2D eigenvalue weighted by Gasteiger charge is 2.17. The highest BCUT2D eigenvalue weighted by atomic mass is 15.2. The Balaban J connectivity index is 3.08. The zero-order chi connectivity index (χ0) is 12.3. The van der Waals surface area contributed by atoms with Gasteiger partial charge in [-0.25, -0.2) is 4.98 Å². The summed E-state index contributed by atoms with van der Waals surface area (Å²) in [6, 6.07) is 2.47. The Bertz CT molecular complexity index is 347. The fourth-order valence-corrected chi connectivity index (χ4v) is 1.77. The van der Waals surface area contributed by atoms with Crippen LogP contribution in [0.3, 0.4) is 0 Å². The van der Waals surface area contributed by atoms with Crippen molar-refractivity contribution in [3.05, 3.63) is 23.4 Å². The van der Waals surface area contributed by atoms with E-state index in [4.69, 9.17) is 5.73 Å². The molecule has 16 heavy (non-hydrogen) atoms. The smallest absolute Gasteiger partial charge is 0.133 e. The minimum absolute atomic E-state index is 0.458. The van der Waals surface area contributed by atoms with E-state index in [1.165, 1.54) is 5.56 Å². The predicted octanol–water partition coefficient (Wildman–Crippen LogP) is 2.33. The maximum atomic E-state index is 5.80. The molecule has 3 heteroatoms. The van der Waals surface area contributed by atoms with Gasteiger partial charge in [-0.15, -0.1) is 0 Å². The largest absolute Gasteiger partial charge is 0.356 e. The molecule has 2 N–H and O–H groups in total. The number of anilines is 1. The van der Waals surface area contributed by atoms with Gasteiger partial charge in [0.05, 0.1) is 0 Å². The van der Waals surface area contributed by atoms with E-state index in [1.54, 1.807) is 0 Å². The molecule has 1 aromatic rings. The standard InChI is InChI=1S/C13H23N3/c1-9(2)11(4)16(5)13-12(8-14)10(3)6-7-15-13/h6-7,9,11H,8,14H2,1-5H3. The zero-order valence-corrected chi connectivity index (χ0v) is 11.0. The molecule has 0 saturated heterocycles. The number of nitrogens with zero attached hydrogens (tertiary/aromatic N) is 2. The fourth-order valence-electron chi connectivity index (χ4n) is 1.77. The molecule has 1 rings (SSSR count). The minimum atomic E-state index is 0.458. The van der Waals surface area contributed by atoms with Crippen molar-refractivity contribution in [1.29, 1.82) is 0 Å². The molecule has 0 saturated carbocycles. The molecule has 1 unspecified atom stereocenters. The second kappa shape index (κ2) is 5.30. The van der Waals surface area contributed by atoms with Gasteiger partial charge in [0.25, 0.3) is 0 Å². The molecule has 1 atom stereocenters. The number of aryl methyl sites for hydroxylation is 1. The summed E-state index contributed by atoms with van der Waals surface area (Å²) in [5.74, 6) is 1.61. The van der Waals surface area contributed by atoms with E-state index < -0.39 is 0 Å². The van der Waals surface area contributed by atoms with Crippen molar-refractivity contribution in [2.75, 3.05) is 11.9 Å². The van der Waals surface area contributed by atoms with Gasteiger partial charge in [0.15, 0.2) is 0 Å². The summed E-state index contributed by atoms with van der Waals surface area (Å²) in [7, 11) is 2.09. The number of rotatable bonds is 4. The average molecular weight is 221 g/mol. The van der Waals surface area contributed by atoms with Crippen molar-refractivity contribution in [2.24, 2.45) is 11.7 Å². The first-order valence-corrected chi connectivity index (χ1v) is 5.86. The van der Waals surface area contributed by atoms with Gasteiger partial charge in [0.2, 0.25) is 0 Å². The molecular formula is C13H23N3. The Morgan fingerprint density at radius 2 is 2.00 bits per heavy atom. The fraction of sp³-hybridized carbons (Fsp3) is 0.615. The number of hydrogen-bond donors (Lipinski definition) is 1. The lowest BCUT2D eigenvalue weighted by Crippen LogP contribution is -2.34. The zero-order valence-electron chi connectivity index (χ0n) is 11.0. The quantitative estimate of drug-likeness (QED) is 0.848.